The van der Waals surface area contributed by atoms with Gasteiger partial charge >= 0.3 is 0 Å². The molecule has 43 heavy (non-hydrogen) atoms. The lowest BCUT2D eigenvalue weighted by Gasteiger charge is -2.52. The maximum Gasteiger partial charge on any atom is 0.243 e. The predicted molar refractivity (Wildman–Crippen MR) is 161 cm³/mol. The summed E-state index contributed by atoms with van der Waals surface area (Å²) in [6.07, 6.45) is 4.87. The molecule has 0 aromatic heterocycles. The highest BCUT2D eigenvalue weighted by molar-refractivity contribution is 5.29. The Morgan fingerprint density at radius 3 is 2.56 bits per heavy atom. The molecular weight excluding hydrogens is 552 g/mol. The number of hydrogen-bond acceptors (Lipinski definition) is 9. The Kier molecular flexibility index (Phi) is 12.3. The maximum atomic E-state index is 12.0. The van der Waals surface area contributed by atoms with E-state index in [9.17, 15) is 25.5 Å². The maximum absolute atomic E-state index is 12.0. The molecule has 4 heterocycles. The summed E-state index contributed by atoms with van der Waals surface area (Å²) in [5.41, 5.74) is -0.548. The van der Waals surface area contributed by atoms with Gasteiger partial charge in [0.25, 0.3) is 0 Å². The Balaban J connectivity index is 1.83. The minimum Gasteiger partial charge on any atom is -0.483 e. The fourth-order valence-corrected chi connectivity index (χ4v) is 6.45. The molecule has 4 aliphatic heterocycles. The molecule has 0 unspecified atom stereocenters. The Morgan fingerprint density at radius 2 is 1.86 bits per heavy atom. The van der Waals surface area contributed by atoms with Crippen LogP contribution in [0.15, 0.2) is 48.8 Å². The van der Waals surface area contributed by atoms with Gasteiger partial charge in [-0.25, -0.2) is 0 Å². The summed E-state index contributed by atoms with van der Waals surface area (Å²) in [5.74, 6) is 3.21. The number of rotatable bonds is 13. The normalized spacial score (nSPS) is 33.8. The fourth-order valence-electron chi connectivity index (χ4n) is 6.45. The average molecular weight is 601 g/mol. The van der Waals surface area contributed by atoms with Gasteiger partial charge in [-0.1, -0.05) is 43.9 Å². The largest absolute Gasteiger partial charge is 0.483 e. The lowest BCUT2D eigenvalue weighted by molar-refractivity contribution is -0.336. The van der Waals surface area contributed by atoms with Crippen molar-refractivity contribution in [1.29, 1.82) is 0 Å². The van der Waals surface area contributed by atoms with E-state index in [2.05, 4.69) is 25.5 Å². The van der Waals surface area contributed by atoms with Gasteiger partial charge in [0.05, 0.1) is 11.9 Å². The highest BCUT2D eigenvalue weighted by atomic mass is 16.7. The third-order valence-corrected chi connectivity index (χ3v) is 8.80. The molecule has 9 atom stereocenters. The zero-order valence-corrected chi connectivity index (χ0v) is 25.1. The monoisotopic (exact) mass is 600 g/mol. The SMILES string of the molecule is C=CCc1ccc(O[C@H]2O[C@H]3[C@@H](O)[C@H](O)[C@]24C[C@@H]([C@@H](O)CC#CO[C@@H]3CCCO)[C@H](CCO)C=C(CCCCC)O4)cc1. The van der Waals surface area contributed by atoms with Crippen LogP contribution in [-0.2, 0) is 20.6 Å². The van der Waals surface area contributed by atoms with Crippen molar-refractivity contribution in [2.75, 3.05) is 13.2 Å². The molecular formula is C34H48O9. The number of fused-ring (bicyclic) bond motifs is 6. The van der Waals surface area contributed by atoms with Crippen molar-refractivity contribution in [2.45, 2.75) is 114 Å². The van der Waals surface area contributed by atoms with Gasteiger partial charge in [0.1, 0.15) is 36.3 Å². The Bertz CT molecular complexity index is 1110. The molecule has 238 valence electrons. The highest BCUT2D eigenvalue weighted by Crippen LogP contribution is 2.47. The average Bonchev–Trinajstić information content (AvgIpc) is 3.16. The molecule has 0 radical (unpaired) electrons. The zero-order chi connectivity index (χ0) is 30.8. The molecule has 1 aromatic rings. The summed E-state index contributed by atoms with van der Waals surface area (Å²) in [6, 6.07) is 7.47. The van der Waals surface area contributed by atoms with Crippen molar-refractivity contribution in [3.63, 3.8) is 0 Å². The van der Waals surface area contributed by atoms with Crippen LogP contribution >= 0.6 is 0 Å². The van der Waals surface area contributed by atoms with Crippen LogP contribution in [0.25, 0.3) is 0 Å². The lowest BCUT2D eigenvalue weighted by atomic mass is 9.72. The van der Waals surface area contributed by atoms with Crippen LogP contribution in [0.1, 0.15) is 70.3 Å². The van der Waals surface area contributed by atoms with Gasteiger partial charge in [-0.2, -0.15) is 0 Å². The summed E-state index contributed by atoms with van der Waals surface area (Å²) in [7, 11) is 0. The van der Waals surface area contributed by atoms with E-state index < -0.39 is 48.3 Å². The van der Waals surface area contributed by atoms with Gasteiger partial charge in [-0.05, 0) is 67.7 Å². The second kappa shape index (κ2) is 15.9. The molecule has 4 aliphatic rings. The first-order valence-corrected chi connectivity index (χ1v) is 15.7. The van der Waals surface area contributed by atoms with Crippen molar-refractivity contribution in [2.24, 2.45) is 11.8 Å². The van der Waals surface area contributed by atoms with Crippen molar-refractivity contribution in [1.82, 2.24) is 0 Å². The molecule has 9 heteroatoms. The van der Waals surface area contributed by atoms with E-state index in [1.807, 2.05) is 36.4 Å². The van der Waals surface area contributed by atoms with Gasteiger partial charge in [-0.3, -0.25) is 0 Å². The summed E-state index contributed by atoms with van der Waals surface area (Å²) in [6.45, 7) is 5.72. The van der Waals surface area contributed by atoms with E-state index in [1.54, 1.807) is 0 Å². The molecule has 0 saturated carbocycles. The van der Waals surface area contributed by atoms with E-state index >= 15 is 0 Å². The van der Waals surface area contributed by atoms with Crippen LogP contribution in [0.5, 0.6) is 5.75 Å². The van der Waals surface area contributed by atoms with Crippen LogP contribution in [0, 0.1) is 23.9 Å². The first kappa shape index (κ1) is 33.3. The first-order chi connectivity index (χ1) is 20.9. The summed E-state index contributed by atoms with van der Waals surface area (Å²) in [4.78, 5) is 0. The molecule has 5 rings (SSSR count). The van der Waals surface area contributed by atoms with Crippen molar-refractivity contribution in [3.8, 4) is 17.8 Å². The highest BCUT2D eigenvalue weighted by Gasteiger charge is 2.63. The third-order valence-electron chi connectivity index (χ3n) is 8.80. The zero-order valence-electron chi connectivity index (χ0n) is 25.1. The molecule has 1 saturated heterocycles. The smallest absolute Gasteiger partial charge is 0.243 e. The van der Waals surface area contributed by atoms with E-state index in [0.717, 1.165) is 24.8 Å². The van der Waals surface area contributed by atoms with Crippen molar-refractivity contribution < 1.29 is 44.5 Å². The minimum absolute atomic E-state index is 0.0839. The molecule has 0 amide bonds. The van der Waals surface area contributed by atoms with Crippen LogP contribution in [0.3, 0.4) is 0 Å². The number of aliphatic hydroxyl groups excluding tert-OH is 5. The Labute approximate surface area is 255 Å². The van der Waals surface area contributed by atoms with Gasteiger partial charge < -0.3 is 44.5 Å². The number of ether oxygens (including phenoxy) is 4. The van der Waals surface area contributed by atoms with Gasteiger partial charge in [0.2, 0.25) is 6.29 Å². The van der Waals surface area contributed by atoms with E-state index in [-0.39, 0.29) is 32.0 Å². The Hall–Kier alpha value is -2.58. The molecule has 1 aromatic carbocycles. The molecule has 5 N–H and O–H groups in total. The molecule has 3 bridgehead atoms. The van der Waals surface area contributed by atoms with Crippen LogP contribution in [-0.4, -0.2) is 81.2 Å². The fraction of sp³-hybridized carbons (Fsp3) is 0.647. The summed E-state index contributed by atoms with van der Waals surface area (Å²) >= 11 is 0. The molecule has 1 spiro atoms. The van der Waals surface area contributed by atoms with Crippen LogP contribution in [0.2, 0.25) is 0 Å². The third kappa shape index (κ3) is 7.93. The predicted octanol–water partition coefficient (Wildman–Crippen LogP) is 3.36. The second-order valence-electron chi connectivity index (χ2n) is 11.9. The number of unbranched alkanes of at least 4 members (excludes halogenated alkanes) is 2. The summed E-state index contributed by atoms with van der Waals surface area (Å²) in [5, 5.41) is 54.6. The van der Waals surface area contributed by atoms with Gasteiger partial charge in [0.15, 0.2) is 5.60 Å². The molecule has 9 nitrogen and oxygen atoms in total. The van der Waals surface area contributed by atoms with E-state index in [1.165, 1.54) is 0 Å². The van der Waals surface area contributed by atoms with Crippen LogP contribution in [0.4, 0.5) is 0 Å². The van der Waals surface area contributed by atoms with E-state index in [4.69, 9.17) is 18.9 Å². The molecule has 0 aliphatic carbocycles. The first-order valence-electron chi connectivity index (χ1n) is 15.7. The van der Waals surface area contributed by atoms with Crippen molar-refractivity contribution >= 4 is 0 Å². The van der Waals surface area contributed by atoms with Gasteiger partial charge in [-0.15, -0.1) is 6.58 Å². The minimum atomic E-state index is -1.60. The second-order valence-corrected chi connectivity index (χ2v) is 11.9. The standard InChI is InChI=1S/C34H48O9/c1-3-5-6-10-26-21-24(17-19-36)27-22-34(43-26)32(39)30(38)31(29(12-7-18-35)40-20-8-11-28(27)37)42-33(34)41-25-15-13-23(9-4-2)14-16-25/h4,13-16,21,24,27-33,35-39H,2-3,5-7,9-12,17-19,22H2,1H3/t24-,27-,28+,29-,30-,31-,32+,33+,34-/m1/s1. The van der Waals surface area contributed by atoms with Crippen LogP contribution < -0.4 is 4.74 Å². The quantitative estimate of drug-likeness (QED) is 0.131. The topological polar surface area (TPSA) is 138 Å². The van der Waals surface area contributed by atoms with Crippen molar-refractivity contribution in [3.05, 3.63) is 54.3 Å². The number of allylic oxidation sites excluding steroid dienone is 3. The van der Waals surface area contributed by atoms with E-state index in [0.29, 0.717) is 43.6 Å². The van der Waals surface area contributed by atoms with Gasteiger partial charge in [0, 0.05) is 32.5 Å². The lowest BCUT2D eigenvalue weighted by Crippen LogP contribution is -2.70. The summed E-state index contributed by atoms with van der Waals surface area (Å²) < 4.78 is 25.6. The number of benzene rings is 1. The number of aliphatic hydroxyl groups is 5. The molecule has 1 fully saturated rings. The number of hydrogen-bond donors (Lipinski definition) is 5. The Morgan fingerprint density at radius 1 is 1.07 bits per heavy atom.